The van der Waals surface area contributed by atoms with Crippen LogP contribution >= 0.6 is 30.3 Å². The molecule has 0 aromatic rings. The molecule has 0 N–H and O–H groups in total. The second kappa shape index (κ2) is 17.0. The topological polar surface area (TPSA) is 0 Å². The first-order valence-electron chi connectivity index (χ1n) is 0.462. The van der Waals surface area contributed by atoms with Gasteiger partial charge < -0.3 is 0 Å². The second-order valence-corrected chi connectivity index (χ2v) is 3.62. The number of hydrogen-bond acceptors (Lipinski definition) is 3. The van der Waals surface area contributed by atoms with Crippen LogP contribution in [-0.4, -0.2) is 0 Å². The Hall–Kier alpha value is 1.84. The molecule has 0 spiro atoms. The summed E-state index contributed by atoms with van der Waals surface area (Å²) in [6.07, 6.45) is 0. The van der Waals surface area contributed by atoms with E-state index in [1.165, 1.54) is 0 Å². The quantitative estimate of drug-likeness (QED) is 0.604. The molecule has 0 saturated heterocycles. The fourth-order valence-corrected chi connectivity index (χ4v) is 0. The summed E-state index contributed by atoms with van der Waals surface area (Å²) in [6, 6.07) is 0. The van der Waals surface area contributed by atoms with E-state index in [4.69, 9.17) is 0 Å². The van der Waals surface area contributed by atoms with Crippen molar-refractivity contribution in [1.29, 1.82) is 0 Å². The molecule has 0 saturated carbocycles. The summed E-state index contributed by atoms with van der Waals surface area (Å²) < 4.78 is 0. The van der Waals surface area contributed by atoms with Crippen molar-refractivity contribution in [2.24, 2.45) is 0 Å². The van der Waals surface area contributed by atoms with Gasteiger partial charge in [0.25, 0.3) is 0 Å². The predicted octanol–water partition coefficient (Wildman–Crippen LogP) is 1.94. The van der Waals surface area contributed by atoms with Crippen LogP contribution in [0.25, 0.3) is 0 Å². The summed E-state index contributed by atoms with van der Waals surface area (Å²) in [5.41, 5.74) is 0. The zero-order valence-electron chi connectivity index (χ0n) is 1.95. The number of rotatable bonds is 0. The summed E-state index contributed by atoms with van der Waals surface area (Å²) in [4.78, 5) is 0. The normalized spacial score (nSPS) is 3.60. The minimum atomic E-state index is -0.363. The van der Waals surface area contributed by atoms with Crippen LogP contribution in [0.2, 0.25) is 0 Å². The minimum absolute atomic E-state index is 0.363. The van der Waals surface area contributed by atoms with Gasteiger partial charge in [-0.05, 0) is 0 Å². The Labute approximate surface area is 58.4 Å². The standard InChI is InChI=1S/Mo.Ni.3S. The molecule has 0 unspecified atom stereocenters. The molecule has 0 aromatic carbocycles. The molecule has 0 heterocycles. The maximum absolute atomic E-state index is 4.34. The SMILES string of the molecule is [S]=[Mo]=[S].[S]=[Ni]. The first-order valence-corrected chi connectivity index (χ1v) is 7.51. The summed E-state index contributed by atoms with van der Waals surface area (Å²) in [7, 11) is 12.4. The van der Waals surface area contributed by atoms with Crippen molar-refractivity contribution in [2.45, 2.75) is 0 Å². The fourth-order valence-electron chi connectivity index (χ4n) is 0. The first kappa shape index (κ1) is 9.96. The van der Waals surface area contributed by atoms with Crippen molar-refractivity contribution in [2.75, 3.05) is 0 Å². The van der Waals surface area contributed by atoms with Crippen molar-refractivity contribution in [1.82, 2.24) is 0 Å². The number of hydrogen-bond donors (Lipinski definition) is 0. The molecular weight excluding hydrogens is 251 g/mol. The van der Waals surface area contributed by atoms with Gasteiger partial charge in [-0.2, -0.15) is 0 Å². The van der Waals surface area contributed by atoms with Gasteiger partial charge in [0.05, 0.1) is 0 Å². The van der Waals surface area contributed by atoms with E-state index in [0.29, 0.717) is 0 Å². The molecule has 34 valence electrons. The molecule has 0 radical (unpaired) electrons. The Morgan fingerprint density at radius 1 is 1.20 bits per heavy atom. The summed E-state index contributed by atoms with van der Waals surface area (Å²) >= 11 is 3.10. The van der Waals surface area contributed by atoms with Crippen molar-refractivity contribution in [3.63, 3.8) is 0 Å². The molecule has 0 amide bonds. The van der Waals surface area contributed by atoms with Crippen LogP contribution in [0.1, 0.15) is 0 Å². The van der Waals surface area contributed by atoms with Gasteiger partial charge in [0.1, 0.15) is 0 Å². The van der Waals surface area contributed by atoms with Crippen LogP contribution in [-0.2, 0) is 28.8 Å². The van der Waals surface area contributed by atoms with E-state index in [9.17, 15) is 0 Å². The molecule has 0 aromatic heterocycles. The molecule has 0 aliphatic rings. The predicted molar refractivity (Wildman–Crippen MR) is 22.8 cm³/mol. The van der Waals surface area contributed by atoms with Crippen molar-refractivity contribution in [3.8, 4) is 0 Å². The molecule has 5 heavy (non-hydrogen) atoms. The molecule has 0 aliphatic heterocycles. The third kappa shape index (κ3) is 25.4. The molecule has 0 aliphatic carbocycles. The fraction of sp³-hybridized carbons (Fsp3) is 0. The van der Waals surface area contributed by atoms with Crippen molar-refractivity contribution >= 4 is 30.3 Å². The second-order valence-electron chi connectivity index (χ2n) is 0.0680. The Kier molecular flexibility index (Phi) is 33.8. The maximum atomic E-state index is 4.34. The van der Waals surface area contributed by atoms with Gasteiger partial charge >= 0.3 is 59.1 Å². The molecule has 5 heteroatoms. The van der Waals surface area contributed by atoms with E-state index in [-0.39, 0.29) is 14.9 Å². The molecule has 0 atom stereocenters. The Morgan fingerprint density at radius 2 is 1.20 bits per heavy atom. The third-order valence-corrected chi connectivity index (χ3v) is 0. The first-order chi connectivity index (χ1) is 2.41. The average Bonchev–Trinajstić information content (AvgIpc) is 1.46. The van der Waals surface area contributed by atoms with Crippen LogP contribution in [0.3, 0.4) is 0 Å². The van der Waals surface area contributed by atoms with E-state index in [1.54, 1.807) is 0 Å². The van der Waals surface area contributed by atoms with E-state index < -0.39 is 0 Å². The van der Waals surface area contributed by atoms with Crippen LogP contribution in [0.15, 0.2) is 0 Å². The Morgan fingerprint density at radius 3 is 1.20 bits per heavy atom. The van der Waals surface area contributed by atoms with Gasteiger partial charge in [-0.15, -0.1) is 0 Å². The summed E-state index contributed by atoms with van der Waals surface area (Å²) in [5.74, 6) is 0. The van der Waals surface area contributed by atoms with E-state index >= 15 is 0 Å². The molecule has 0 bridgehead atoms. The van der Waals surface area contributed by atoms with Crippen LogP contribution in [0.5, 0.6) is 0 Å². The van der Waals surface area contributed by atoms with Crippen molar-refractivity contribution < 1.29 is 28.8 Å². The average molecular weight is 251 g/mol. The Bertz CT molecular complexity index is 36.2. The van der Waals surface area contributed by atoms with E-state index in [2.05, 4.69) is 44.2 Å². The molecule has 0 nitrogen and oxygen atoms in total. The van der Waals surface area contributed by atoms with Gasteiger partial charge in [0.15, 0.2) is 0 Å². The van der Waals surface area contributed by atoms with Gasteiger partial charge in [-0.25, -0.2) is 0 Å². The van der Waals surface area contributed by atoms with Crippen molar-refractivity contribution in [3.05, 3.63) is 0 Å². The monoisotopic (exact) mass is 252 g/mol. The molecular formula is MoNiS3. The third-order valence-electron chi connectivity index (χ3n) is 0. The van der Waals surface area contributed by atoms with E-state index in [0.717, 1.165) is 0 Å². The van der Waals surface area contributed by atoms with Gasteiger partial charge in [-0.1, -0.05) is 0 Å². The van der Waals surface area contributed by atoms with Gasteiger partial charge in [-0.3, -0.25) is 0 Å². The van der Waals surface area contributed by atoms with Gasteiger partial charge in [0.2, 0.25) is 0 Å². The molecule has 0 fully saturated rings. The molecule has 0 rings (SSSR count). The Balaban J connectivity index is 0. The van der Waals surface area contributed by atoms with Crippen LogP contribution in [0, 0.1) is 0 Å². The van der Waals surface area contributed by atoms with Crippen LogP contribution in [0.4, 0.5) is 0 Å². The zero-order chi connectivity index (χ0) is 4.71. The summed E-state index contributed by atoms with van der Waals surface area (Å²) in [6.45, 7) is 0. The summed E-state index contributed by atoms with van der Waals surface area (Å²) in [5, 5.41) is 0. The van der Waals surface area contributed by atoms with Crippen LogP contribution < -0.4 is 0 Å². The van der Waals surface area contributed by atoms with E-state index in [1.807, 2.05) is 0 Å². The van der Waals surface area contributed by atoms with Gasteiger partial charge in [0, 0.05) is 0 Å². The zero-order valence-corrected chi connectivity index (χ0v) is 7.39.